The van der Waals surface area contributed by atoms with Crippen LogP contribution in [0.1, 0.15) is 27.9 Å². The molecule has 2 aliphatic heterocycles. The summed E-state index contributed by atoms with van der Waals surface area (Å²) in [6, 6.07) is 12.9. The van der Waals surface area contributed by atoms with Crippen molar-refractivity contribution in [3.8, 4) is 5.75 Å². The van der Waals surface area contributed by atoms with Crippen LogP contribution in [0.4, 0.5) is 5.69 Å². The topological polar surface area (TPSA) is 104 Å². The van der Waals surface area contributed by atoms with Crippen LogP contribution in [0.5, 0.6) is 5.75 Å². The molecule has 1 unspecified atom stereocenters. The first-order chi connectivity index (χ1) is 17.0. The predicted octanol–water partition coefficient (Wildman–Crippen LogP) is 2.00. The molecule has 35 heavy (non-hydrogen) atoms. The molecule has 2 heterocycles. The SMILES string of the molecule is CN1CCN(/N=C/c2ccc(C(=O)Nc3ccc4c(c3)OCC(CC(=O)OCCO)C4)cc2)CC1. The zero-order chi connectivity index (χ0) is 24.6. The number of esters is 1. The Hall–Kier alpha value is -3.43. The Morgan fingerprint density at radius 1 is 1.17 bits per heavy atom. The molecule has 0 saturated carbocycles. The molecule has 9 nitrogen and oxygen atoms in total. The van der Waals surface area contributed by atoms with E-state index in [1.54, 1.807) is 12.1 Å². The summed E-state index contributed by atoms with van der Waals surface area (Å²) < 4.78 is 10.8. The number of aliphatic hydroxyl groups is 1. The van der Waals surface area contributed by atoms with Crippen LogP contribution in [-0.4, -0.2) is 86.2 Å². The van der Waals surface area contributed by atoms with Gasteiger partial charge in [-0.25, -0.2) is 0 Å². The van der Waals surface area contributed by atoms with Crippen molar-refractivity contribution >= 4 is 23.8 Å². The summed E-state index contributed by atoms with van der Waals surface area (Å²) in [6.45, 7) is 4.07. The number of benzene rings is 2. The van der Waals surface area contributed by atoms with Crippen molar-refractivity contribution in [1.29, 1.82) is 0 Å². The average molecular weight is 481 g/mol. The van der Waals surface area contributed by atoms with Crippen molar-refractivity contribution in [2.75, 3.05) is 58.4 Å². The van der Waals surface area contributed by atoms with Gasteiger partial charge in [-0.2, -0.15) is 5.10 Å². The van der Waals surface area contributed by atoms with Crippen molar-refractivity contribution in [3.63, 3.8) is 0 Å². The smallest absolute Gasteiger partial charge is 0.306 e. The number of piperazine rings is 1. The van der Waals surface area contributed by atoms with E-state index in [0.717, 1.165) is 37.3 Å². The molecule has 0 spiro atoms. The Labute approximate surface area is 205 Å². The second-order valence-corrected chi connectivity index (χ2v) is 8.93. The molecule has 1 amide bonds. The number of hydrogen-bond acceptors (Lipinski definition) is 8. The zero-order valence-corrected chi connectivity index (χ0v) is 20.0. The van der Waals surface area contributed by atoms with Crippen molar-refractivity contribution < 1.29 is 24.2 Å². The molecule has 2 aromatic carbocycles. The fraction of sp³-hybridized carbons (Fsp3) is 0.423. The van der Waals surface area contributed by atoms with E-state index in [2.05, 4.69) is 27.4 Å². The first-order valence-electron chi connectivity index (χ1n) is 11.9. The molecule has 0 radical (unpaired) electrons. The third-order valence-corrected chi connectivity index (χ3v) is 6.14. The fourth-order valence-electron chi connectivity index (χ4n) is 4.08. The molecule has 9 heteroatoms. The highest BCUT2D eigenvalue weighted by Crippen LogP contribution is 2.31. The Bertz CT molecular complexity index is 1050. The summed E-state index contributed by atoms with van der Waals surface area (Å²) in [7, 11) is 2.11. The van der Waals surface area contributed by atoms with E-state index in [4.69, 9.17) is 14.6 Å². The number of rotatable bonds is 8. The van der Waals surface area contributed by atoms with Crippen molar-refractivity contribution in [1.82, 2.24) is 9.91 Å². The summed E-state index contributed by atoms with van der Waals surface area (Å²) in [5.74, 6) is 0.190. The highest BCUT2D eigenvalue weighted by Gasteiger charge is 2.23. The molecular formula is C26H32N4O5. The number of carbonyl (C=O) groups is 2. The number of nitrogens with one attached hydrogen (secondary N) is 1. The molecule has 1 atom stereocenters. The number of fused-ring (bicyclic) bond motifs is 1. The lowest BCUT2D eigenvalue weighted by Gasteiger charge is -2.30. The molecule has 0 aliphatic carbocycles. The van der Waals surface area contributed by atoms with Gasteiger partial charge in [-0.15, -0.1) is 0 Å². The minimum Gasteiger partial charge on any atom is -0.493 e. The number of anilines is 1. The maximum atomic E-state index is 12.7. The summed E-state index contributed by atoms with van der Waals surface area (Å²) in [6.07, 6.45) is 2.76. The Kier molecular flexibility index (Phi) is 8.33. The molecule has 1 saturated heterocycles. The van der Waals surface area contributed by atoms with Gasteiger partial charge in [0.15, 0.2) is 0 Å². The van der Waals surface area contributed by atoms with E-state index < -0.39 is 0 Å². The molecule has 2 N–H and O–H groups in total. The molecule has 0 aromatic heterocycles. The van der Waals surface area contributed by atoms with Gasteiger partial charge >= 0.3 is 5.97 Å². The maximum Gasteiger partial charge on any atom is 0.306 e. The lowest BCUT2D eigenvalue weighted by Crippen LogP contribution is -2.41. The van der Waals surface area contributed by atoms with E-state index in [1.165, 1.54) is 0 Å². The highest BCUT2D eigenvalue weighted by atomic mass is 16.5. The molecule has 186 valence electrons. The van der Waals surface area contributed by atoms with E-state index in [-0.39, 0.29) is 37.4 Å². The van der Waals surface area contributed by atoms with Gasteiger partial charge in [-0.1, -0.05) is 18.2 Å². The van der Waals surface area contributed by atoms with Gasteiger partial charge in [-0.05, 0) is 42.8 Å². The summed E-state index contributed by atoms with van der Waals surface area (Å²) in [5.41, 5.74) is 3.13. The Morgan fingerprint density at radius 3 is 2.69 bits per heavy atom. The van der Waals surface area contributed by atoms with Crippen molar-refractivity contribution in [2.24, 2.45) is 11.0 Å². The van der Waals surface area contributed by atoms with Crippen LogP contribution in [0.2, 0.25) is 0 Å². The molecular weight excluding hydrogens is 448 g/mol. The van der Waals surface area contributed by atoms with Crippen molar-refractivity contribution in [3.05, 3.63) is 59.2 Å². The summed E-state index contributed by atoms with van der Waals surface area (Å²) >= 11 is 0. The molecule has 1 fully saturated rings. The van der Waals surface area contributed by atoms with E-state index in [9.17, 15) is 9.59 Å². The molecule has 4 rings (SSSR count). The van der Waals surface area contributed by atoms with Crippen LogP contribution in [-0.2, 0) is 16.0 Å². The Balaban J connectivity index is 1.29. The number of hydrazone groups is 1. The van der Waals surface area contributed by atoms with Gasteiger partial charge in [0.05, 0.1) is 25.8 Å². The normalized spacial score (nSPS) is 18.1. The van der Waals surface area contributed by atoms with Crippen LogP contribution < -0.4 is 10.1 Å². The van der Waals surface area contributed by atoms with Crippen LogP contribution in [0.3, 0.4) is 0 Å². The van der Waals surface area contributed by atoms with E-state index >= 15 is 0 Å². The van der Waals surface area contributed by atoms with Crippen LogP contribution in [0.25, 0.3) is 0 Å². The average Bonchev–Trinajstić information content (AvgIpc) is 2.87. The van der Waals surface area contributed by atoms with E-state index in [1.807, 2.05) is 36.5 Å². The highest BCUT2D eigenvalue weighted by molar-refractivity contribution is 6.04. The summed E-state index contributed by atoms with van der Waals surface area (Å²) in [5, 5.41) is 18.3. The van der Waals surface area contributed by atoms with E-state index in [0.29, 0.717) is 30.0 Å². The number of carbonyl (C=O) groups excluding carboxylic acids is 2. The van der Waals surface area contributed by atoms with Gasteiger partial charge in [-0.3, -0.25) is 14.6 Å². The third kappa shape index (κ3) is 7.03. The Morgan fingerprint density at radius 2 is 1.94 bits per heavy atom. The van der Waals surface area contributed by atoms with Crippen molar-refractivity contribution in [2.45, 2.75) is 12.8 Å². The summed E-state index contributed by atoms with van der Waals surface area (Å²) in [4.78, 5) is 26.8. The van der Waals surface area contributed by atoms with Crippen LogP contribution in [0, 0.1) is 5.92 Å². The lowest BCUT2D eigenvalue weighted by molar-refractivity contribution is -0.146. The molecule has 0 bridgehead atoms. The number of ether oxygens (including phenoxy) is 2. The lowest BCUT2D eigenvalue weighted by atomic mass is 9.94. The predicted molar refractivity (Wildman–Crippen MR) is 133 cm³/mol. The van der Waals surface area contributed by atoms with Gasteiger partial charge in [0.1, 0.15) is 12.4 Å². The van der Waals surface area contributed by atoms with Gasteiger partial charge in [0.2, 0.25) is 0 Å². The monoisotopic (exact) mass is 480 g/mol. The number of likely N-dealkylation sites (N-methyl/N-ethyl adjacent to an activating group) is 1. The van der Waals surface area contributed by atoms with Crippen LogP contribution in [0.15, 0.2) is 47.6 Å². The van der Waals surface area contributed by atoms with Gasteiger partial charge < -0.3 is 24.8 Å². The minimum absolute atomic E-state index is 0.0129. The number of aliphatic hydroxyl groups excluding tert-OH is 1. The second-order valence-electron chi connectivity index (χ2n) is 8.93. The minimum atomic E-state index is -0.336. The van der Waals surface area contributed by atoms with Gasteiger partial charge in [0.25, 0.3) is 5.91 Å². The number of nitrogens with zero attached hydrogens (tertiary/aromatic N) is 3. The molecule has 2 aliphatic rings. The largest absolute Gasteiger partial charge is 0.493 e. The fourth-order valence-corrected chi connectivity index (χ4v) is 4.08. The second kappa shape index (κ2) is 11.8. The molecule has 2 aromatic rings. The first kappa shape index (κ1) is 24.7. The van der Waals surface area contributed by atoms with Crippen LogP contribution >= 0.6 is 0 Å². The quantitative estimate of drug-likeness (QED) is 0.440. The third-order valence-electron chi connectivity index (χ3n) is 6.14. The number of hydrogen-bond donors (Lipinski definition) is 2. The standard InChI is InChI=1S/C26H32N4O5/c1-29-8-10-30(11-9-29)27-17-19-2-4-21(5-3-19)26(33)28-23-7-6-22-14-20(18-35-24(22)16-23)15-25(32)34-13-12-31/h2-7,16-17,20,31H,8-15,18H2,1H3,(H,28,33)/b27-17+. The van der Waals surface area contributed by atoms with Gasteiger partial charge in [0, 0.05) is 49.4 Å². The number of amides is 1. The maximum absolute atomic E-state index is 12.7. The zero-order valence-electron chi connectivity index (χ0n) is 20.0. The first-order valence-corrected chi connectivity index (χ1v) is 11.9.